The Balaban J connectivity index is 1.83. The minimum Gasteiger partial charge on any atom is -0.393 e. The molecule has 26 heavy (non-hydrogen) atoms. The highest BCUT2D eigenvalue weighted by Gasteiger charge is 2.26. The number of aliphatic hydroxyl groups is 1. The fourth-order valence-corrected chi connectivity index (χ4v) is 4.05. The molecule has 1 amide bonds. The molecule has 0 spiro atoms. The van der Waals surface area contributed by atoms with Gasteiger partial charge in [-0.25, -0.2) is 9.67 Å². The van der Waals surface area contributed by atoms with Gasteiger partial charge >= 0.3 is 0 Å². The van der Waals surface area contributed by atoms with E-state index in [2.05, 4.69) is 18.9 Å². The number of nitrogens with zero attached hydrogens (tertiary/aromatic N) is 4. The number of amides is 1. The monoisotopic (exact) mass is 370 g/mol. The summed E-state index contributed by atoms with van der Waals surface area (Å²) in [7, 11) is 0. The summed E-state index contributed by atoms with van der Waals surface area (Å²) in [6, 6.07) is 6.04. The second kappa shape index (κ2) is 6.81. The van der Waals surface area contributed by atoms with Crippen molar-refractivity contribution in [3.05, 3.63) is 35.3 Å². The number of aliphatic hydroxyl groups excluding tert-OH is 1. The number of hydrogen-bond donors (Lipinski definition) is 1. The van der Waals surface area contributed by atoms with Gasteiger partial charge in [0, 0.05) is 19.1 Å². The normalized spacial score (nSPS) is 15.9. The van der Waals surface area contributed by atoms with Gasteiger partial charge in [-0.1, -0.05) is 6.07 Å². The average Bonchev–Trinajstić information content (AvgIpc) is 3.30. The maximum absolute atomic E-state index is 13.2. The largest absolute Gasteiger partial charge is 0.393 e. The number of hydrogen-bond acceptors (Lipinski definition) is 5. The molecule has 0 radical (unpaired) electrons. The summed E-state index contributed by atoms with van der Waals surface area (Å²) < 4.78 is 1.86. The summed E-state index contributed by atoms with van der Waals surface area (Å²) >= 11 is 1.61. The van der Waals surface area contributed by atoms with E-state index in [0.717, 1.165) is 21.6 Å². The standard InChI is InChI=1S/C19H22N4O2S/c1-12(2)23-18-15(11-20-23)14(10-16(21-18)17-4-3-9-26-17)19(25)22-7-5-13(24)6-8-22/h3-4,9-13,24H,5-8H2,1-2H3. The summed E-state index contributed by atoms with van der Waals surface area (Å²) in [6.45, 7) is 5.27. The van der Waals surface area contributed by atoms with E-state index < -0.39 is 0 Å². The van der Waals surface area contributed by atoms with E-state index >= 15 is 0 Å². The molecule has 1 fully saturated rings. The van der Waals surface area contributed by atoms with E-state index in [9.17, 15) is 9.90 Å². The molecule has 0 unspecified atom stereocenters. The first kappa shape index (κ1) is 17.2. The van der Waals surface area contributed by atoms with Crippen LogP contribution in [0.4, 0.5) is 0 Å². The topological polar surface area (TPSA) is 71.2 Å². The number of piperidine rings is 1. The van der Waals surface area contributed by atoms with Crippen molar-refractivity contribution < 1.29 is 9.90 Å². The van der Waals surface area contributed by atoms with Gasteiger partial charge in [-0.2, -0.15) is 5.10 Å². The summed E-state index contributed by atoms with van der Waals surface area (Å²) in [5.74, 6) is -0.00888. The van der Waals surface area contributed by atoms with Crippen LogP contribution in [0.2, 0.25) is 0 Å². The fourth-order valence-electron chi connectivity index (χ4n) is 3.36. The third-order valence-electron chi connectivity index (χ3n) is 4.81. The molecule has 0 bridgehead atoms. The Morgan fingerprint density at radius 1 is 1.35 bits per heavy atom. The van der Waals surface area contributed by atoms with Crippen LogP contribution in [0, 0.1) is 0 Å². The molecule has 1 N–H and O–H groups in total. The molecule has 1 aliphatic heterocycles. The number of likely N-dealkylation sites (tertiary alicyclic amines) is 1. The molecular weight excluding hydrogens is 348 g/mol. The van der Waals surface area contributed by atoms with Gasteiger partial charge in [-0.3, -0.25) is 4.79 Å². The zero-order valence-corrected chi connectivity index (χ0v) is 15.7. The van der Waals surface area contributed by atoms with Crippen LogP contribution in [0.1, 0.15) is 43.1 Å². The molecule has 1 saturated heterocycles. The Morgan fingerprint density at radius 2 is 2.12 bits per heavy atom. The molecular formula is C19H22N4O2S. The lowest BCUT2D eigenvalue weighted by atomic mass is 10.0. The molecule has 1 aliphatic rings. The minimum absolute atomic E-state index is 0.00888. The van der Waals surface area contributed by atoms with E-state index in [1.165, 1.54) is 0 Å². The lowest BCUT2D eigenvalue weighted by Crippen LogP contribution is -2.40. The van der Waals surface area contributed by atoms with E-state index in [4.69, 9.17) is 4.98 Å². The zero-order valence-electron chi connectivity index (χ0n) is 14.9. The molecule has 4 heterocycles. The van der Waals surface area contributed by atoms with Crippen LogP contribution < -0.4 is 0 Å². The first-order chi connectivity index (χ1) is 12.5. The summed E-state index contributed by atoms with van der Waals surface area (Å²) in [5, 5.41) is 17.0. The van der Waals surface area contributed by atoms with Gasteiger partial charge < -0.3 is 10.0 Å². The maximum Gasteiger partial charge on any atom is 0.254 e. The Morgan fingerprint density at radius 3 is 2.77 bits per heavy atom. The van der Waals surface area contributed by atoms with Crippen molar-refractivity contribution in [1.82, 2.24) is 19.7 Å². The third-order valence-corrected chi connectivity index (χ3v) is 5.70. The Kier molecular flexibility index (Phi) is 4.50. The molecule has 3 aromatic heterocycles. The van der Waals surface area contributed by atoms with E-state index in [0.29, 0.717) is 31.5 Å². The first-order valence-electron chi connectivity index (χ1n) is 8.94. The van der Waals surface area contributed by atoms with Crippen molar-refractivity contribution in [1.29, 1.82) is 0 Å². The second-order valence-electron chi connectivity index (χ2n) is 6.98. The highest BCUT2D eigenvalue weighted by molar-refractivity contribution is 7.13. The van der Waals surface area contributed by atoms with Gasteiger partial charge in [0.25, 0.3) is 5.91 Å². The van der Waals surface area contributed by atoms with Crippen LogP contribution in [-0.2, 0) is 0 Å². The molecule has 0 aromatic carbocycles. The third kappa shape index (κ3) is 3.01. The molecule has 0 saturated carbocycles. The van der Waals surface area contributed by atoms with Crippen molar-refractivity contribution >= 4 is 28.3 Å². The zero-order chi connectivity index (χ0) is 18.3. The van der Waals surface area contributed by atoms with Crippen LogP contribution >= 0.6 is 11.3 Å². The smallest absolute Gasteiger partial charge is 0.254 e. The molecule has 0 atom stereocenters. The summed E-state index contributed by atoms with van der Waals surface area (Å²) in [5.41, 5.74) is 2.18. The highest BCUT2D eigenvalue weighted by Crippen LogP contribution is 2.30. The van der Waals surface area contributed by atoms with Gasteiger partial charge in [0.2, 0.25) is 0 Å². The second-order valence-corrected chi connectivity index (χ2v) is 7.92. The molecule has 136 valence electrons. The number of pyridine rings is 1. The van der Waals surface area contributed by atoms with Gasteiger partial charge in [-0.15, -0.1) is 11.3 Å². The summed E-state index contributed by atoms with van der Waals surface area (Å²) in [6.07, 6.45) is 2.69. The van der Waals surface area contributed by atoms with Gasteiger partial charge in [0.15, 0.2) is 5.65 Å². The van der Waals surface area contributed by atoms with Gasteiger partial charge in [-0.05, 0) is 44.2 Å². The highest BCUT2D eigenvalue weighted by atomic mass is 32.1. The minimum atomic E-state index is -0.304. The molecule has 3 aromatic rings. The SMILES string of the molecule is CC(C)n1ncc2c(C(=O)N3CCC(O)CC3)cc(-c3cccs3)nc21. The fraction of sp³-hybridized carbons (Fsp3) is 0.421. The van der Waals surface area contributed by atoms with Crippen LogP contribution in [0.5, 0.6) is 0 Å². The number of carbonyl (C=O) groups is 1. The van der Waals surface area contributed by atoms with Crippen LogP contribution in [0.3, 0.4) is 0 Å². The molecule has 7 heteroatoms. The van der Waals surface area contributed by atoms with Crippen molar-refractivity contribution in [3.63, 3.8) is 0 Å². The lowest BCUT2D eigenvalue weighted by Gasteiger charge is -2.29. The number of aromatic nitrogens is 3. The number of thiophene rings is 1. The quantitative estimate of drug-likeness (QED) is 0.768. The predicted octanol–water partition coefficient (Wildman–Crippen LogP) is 3.34. The van der Waals surface area contributed by atoms with Crippen molar-refractivity contribution in [2.45, 2.75) is 38.8 Å². The average molecular weight is 370 g/mol. The maximum atomic E-state index is 13.2. The predicted molar refractivity (Wildman–Crippen MR) is 102 cm³/mol. The Hall–Kier alpha value is -2.25. The Labute approximate surface area is 156 Å². The van der Waals surface area contributed by atoms with E-state index in [1.807, 2.05) is 33.2 Å². The number of rotatable bonds is 3. The first-order valence-corrected chi connectivity index (χ1v) is 9.82. The van der Waals surface area contributed by atoms with Gasteiger partial charge in [0.1, 0.15) is 0 Å². The van der Waals surface area contributed by atoms with Crippen molar-refractivity contribution in [2.24, 2.45) is 0 Å². The molecule has 6 nitrogen and oxygen atoms in total. The molecule has 4 rings (SSSR count). The lowest BCUT2D eigenvalue weighted by molar-refractivity contribution is 0.0548. The van der Waals surface area contributed by atoms with Crippen LogP contribution in [0.15, 0.2) is 29.8 Å². The number of carbonyl (C=O) groups excluding carboxylic acids is 1. The van der Waals surface area contributed by atoms with Crippen molar-refractivity contribution in [2.75, 3.05) is 13.1 Å². The van der Waals surface area contributed by atoms with Gasteiger partial charge in [0.05, 0.1) is 33.8 Å². The van der Waals surface area contributed by atoms with E-state index in [1.54, 1.807) is 17.5 Å². The van der Waals surface area contributed by atoms with Crippen molar-refractivity contribution in [3.8, 4) is 10.6 Å². The Bertz CT molecular complexity index is 925. The number of fused-ring (bicyclic) bond motifs is 1. The van der Waals surface area contributed by atoms with E-state index in [-0.39, 0.29) is 18.1 Å². The van der Waals surface area contributed by atoms with Crippen LogP contribution in [-0.4, -0.2) is 49.9 Å². The molecule has 0 aliphatic carbocycles. The summed E-state index contributed by atoms with van der Waals surface area (Å²) in [4.78, 5) is 20.9. The van der Waals surface area contributed by atoms with Crippen LogP contribution in [0.25, 0.3) is 21.6 Å².